The van der Waals surface area contributed by atoms with E-state index in [0.29, 0.717) is 31.9 Å². The van der Waals surface area contributed by atoms with Gasteiger partial charge in [0.2, 0.25) is 0 Å². The molecule has 0 spiro atoms. The molecule has 1 atom stereocenters. The van der Waals surface area contributed by atoms with Crippen molar-refractivity contribution < 1.29 is 28.9 Å². The van der Waals surface area contributed by atoms with Gasteiger partial charge in [-0.05, 0) is 49.1 Å². The van der Waals surface area contributed by atoms with Crippen LogP contribution >= 0.6 is 22.7 Å². The summed E-state index contributed by atoms with van der Waals surface area (Å²) in [4.78, 5) is 43.0. The second-order valence-electron chi connectivity index (χ2n) is 7.41. The van der Waals surface area contributed by atoms with Gasteiger partial charge in [-0.3, -0.25) is 9.36 Å². The number of ether oxygens (including phenoxy) is 3. The average molecular weight is 515 g/mol. The molecule has 2 aromatic heterocycles. The zero-order chi connectivity index (χ0) is 25.1. The molecule has 0 saturated carbocycles. The maximum absolute atomic E-state index is 13.5. The van der Waals surface area contributed by atoms with Gasteiger partial charge in [-0.2, -0.15) is 0 Å². The molecule has 1 aromatic carbocycles. The van der Waals surface area contributed by atoms with E-state index in [9.17, 15) is 14.4 Å². The highest BCUT2D eigenvalue weighted by Crippen LogP contribution is 2.33. The summed E-state index contributed by atoms with van der Waals surface area (Å²) in [5, 5.41) is 10.7. The van der Waals surface area contributed by atoms with E-state index in [4.69, 9.17) is 19.3 Å². The first-order valence-electron chi connectivity index (χ1n) is 10.6. The topological polar surface area (TPSA) is 116 Å². The van der Waals surface area contributed by atoms with Gasteiger partial charge in [-0.1, -0.05) is 23.5 Å². The minimum Gasteiger partial charge on any atom is -0.493 e. The van der Waals surface area contributed by atoms with Gasteiger partial charge in [0.1, 0.15) is 6.04 Å². The smallest absolute Gasteiger partial charge is 0.341 e. The van der Waals surface area contributed by atoms with E-state index in [2.05, 4.69) is 4.99 Å². The zero-order valence-corrected chi connectivity index (χ0v) is 20.8. The predicted octanol–water partition coefficient (Wildman–Crippen LogP) is 2.33. The molecule has 0 radical (unpaired) electrons. The largest absolute Gasteiger partial charge is 0.493 e. The number of thiophene rings is 1. The molecule has 182 valence electrons. The zero-order valence-electron chi connectivity index (χ0n) is 19.1. The summed E-state index contributed by atoms with van der Waals surface area (Å²) in [5.74, 6) is -0.983. The van der Waals surface area contributed by atoms with Crippen molar-refractivity contribution in [2.24, 2.45) is 4.99 Å². The monoisotopic (exact) mass is 514 g/mol. The summed E-state index contributed by atoms with van der Waals surface area (Å²) in [6, 6.07) is 8.06. The van der Waals surface area contributed by atoms with Gasteiger partial charge in [0.25, 0.3) is 5.56 Å². The second kappa shape index (κ2) is 10.3. The minimum absolute atomic E-state index is 0.213. The molecular weight excluding hydrogens is 492 g/mol. The number of aromatic nitrogens is 1. The Labute approximate surface area is 207 Å². The maximum atomic E-state index is 13.5. The number of fused-ring (bicyclic) bond motifs is 1. The number of hydrogen-bond donors (Lipinski definition) is 1. The predicted molar refractivity (Wildman–Crippen MR) is 131 cm³/mol. The quantitative estimate of drug-likeness (QED) is 0.459. The van der Waals surface area contributed by atoms with Crippen LogP contribution in [0, 0.1) is 0 Å². The molecule has 1 aliphatic heterocycles. The lowest BCUT2D eigenvalue weighted by atomic mass is 10.0. The van der Waals surface area contributed by atoms with Gasteiger partial charge in [-0.25, -0.2) is 14.6 Å². The number of nitrogens with zero attached hydrogens (tertiary/aromatic N) is 2. The number of benzene rings is 1. The number of carbonyl (C=O) groups excluding carboxylic acids is 1. The molecule has 35 heavy (non-hydrogen) atoms. The van der Waals surface area contributed by atoms with Crippen LogP contribution in [-0.2, 0) is 14.3 Å². The van der Waals surface area contributed by atoms with Crippen LogP contribution in [0.1, 0.15) is 30.3 Å². The fourth-order valence-electron chi connectivity index (χ4n) is 3.69. The molecule has 0 saturated heterocycles. The van der Waals surface area contributed by atoms with Crippen molar-refractivity contribution >= 4 is 40.7 Å². The minimum atomic E-state index is -1.10. The number of carboxylic acids is 1. The van der Waals surface area contributed by atoms with Crippen molar-refractivity contribution in [1.82, 2.24) is 4.57 Å². The lowest BCUT2D eigenvalue weighted by Gasteiger charge is -2.23. The highest BCUT2D eigenvalue weighted by molar-refractivity contribution is 7.10. The molecule has 1 N–H and O–H groups in total. The Morgan fingerprint density at radius 2 is 2.06 bits per heavy atom. The van der Waals surface area contributed by atoms with Crippen LogP contribution in [0.2, 0.25) is 0 Å². The molecule has 0 amide bonds. The van der Waals surface area contributed by atoms with Gasteiger partial charge in [0, 0.05) is 4.88 Å². The SMILES string of the molecule is CCOC(=O)C1=C(C)N=c2s/c(=C/c3ccc(OCC(=O)O)c(OC)c3)c(=O)n2[C@@H]1c1cccs1. The van der Waals surface area contributed by atoms with Gasteiger partial charge >= 0.3 is 11.9 Å². The number of rotatable bonds is 8. The van der Waals surface area contributed by atoms with Gasteiger partial charge < -0.3 is 19.3 Å². The normalized spacial score (nSPS) is 15.4. The number of aliphatic carboxylic acids is 1. The number of thiazole rings is 1. The highest BCUT2D eigenvalue weighted by Gasteiger charge is 2.33. The number of carbonyl (C=O) groups is 2. The van der Waals surface area contributed by atoms with Crippen LogP contribution in [0.3, 0.4) is 0 Å². The third kappa shape index (κ3) is 4.91. The molecular formula is C24H22N2O7S2. The summed E-state index contributed by atoms with van der Waals surface area (Å²) >= 11 is 2.67. The molecule has 0 bridgehead atoms. The molecule has 3 heterocycles. The van der Waals surface area contributed by atoms with E-state index < -0.39 is 24.6 Å². The Morgan fingerprint density at radius 1 is 1.26 bits per heavy atom. The van der Waals surface area contributed by atoms with Crippen LogP contribution in [0.25, 0.3) is 6.08 Å². The van der Waals surface area contributed by atoms with Crippen molar-refractivity contribution in [3.05, 3.63) is 77.1 Å². The summed E-state index contributed by atoms with van der Waals surface area (Å²) in [6.45, 7) is 3.18. The Morgan fingerprint density at radius 3 is 2.71 bits per heavy atom. The van der Waals surface area contributed by atoms with E-state index in [-0.39, 0.29) is 17.9 Å². The number of allylic oxidation sites excluding steroid dienone is 1. The van der Waals surface area contributed by atoms with Crippen LogP contribution in [0.15, 0.2) is 56.8 Å². The van der Waals surface area contributed by atoms with Crippen molar-refractivity contribution in [3.63, 3.8) is 0 Å². The van der Waals surface area contributed by atoms with Crippen molar-refractivity contribution in [3.8, 4) is 11.5 Å². The Hall–Kier alpha value is -3.70. The standard InChI is InChI=1S/C24H22N2O7S2/c1-4-32-23(30)20-13(2)25-24-26(21(20)17-6-5-9-34-17)22(29)18(35-24)11-14-7-8-15(16(10-14)31-3)33-12-19(27)28/h5-11,21H,4,12H2,1-3H3,(H,27,28)/b18-11+/t21-/m1/s1. The van der Waals surface area contributed by atoms with E-state index in [1.54, 1.807) is 38.1 Å². The van der Waals surface area contributed by atoms with Crippen molar-refractivity contribution in [2.45, 2.75) is 19.9 Å². The number of esters is 1. The average Bonchev–Trinajstić information content (AvgIpc) is 3.46. The number of carboxylic acid groups (broad SMARTS) is 1. The first kappa shape index (κ1) is 24.4. The van der Waals surface area contributed by atoms with E-state index in [1.165, 1.54) is 34.4 Å². The molecule has 0 unspecified atom stereocenters. The molecule has 1 aliphatic rings. The molecule has 0 aliphatic carbocycles. The van der Waals surface area contributed by atoms with E-state index in [0.717, 1.165) is 4.88 Å². The fraction of sp³-hybridized carbons (Fsp3) is 0.250. The Balaban J connectivity index is 1.82. The van der Waals surface area contributed by atoms with E-state index >= 15 is 0 Å². The molecule has 3 aromatic rings. The summed E-state index contributed by atoms with van der Waals surface area (Å²) in [7, 11) is 1.45. The van der Waals surface area contributed by atoms with Crippen LogP contribution in [-0.4, -0.2) is 41.9 Å². The first-order valence-corrected chi connectivity index (χ1v) is 12.3. The summed E-state index contributed by atoms with van der Waals surface area (Å²) in [6.07, 6.45) is 1.70. The fourth-order valence-corrected chi connectivity index (χ4v) is 5.56. The lowest BCUT2D eigenvalue weighted by Crippen LogP contribution is -2.39. The van der Waals surface area contributed by atoms with E-state index in [1.807, 2.05) is 17.5 Å². The highest BCUT2D eigenvalue weighted by atomic mass is 32.1. The van der Waals surface area contributed by atoms with Crippen molar-refractivity contribution in [2.75, 3.05) is 20.3 Å². The Bertz CT molecular complexity index is 1480. The number of hydrogen-bond acceptors (Lipinski definition) is 9. The van der Waals surface area contributed by atoms with Crippen LogP contribution in [0.5, 0.6) is 11.5 Å². The van der Waals surface area contributed by atoms with Crippen molar-refractivity contribution in [1.29, 1.82) is 0 Å². The Kier molecular flexibility index (Phi) is 7.17. The first-order chi connectivity index (χ1) is 16.8. The second-order valence-corrected chi connectivity index (χ2v) is 9.40. The maximum Gasteiger partial charge on any atom is 0.341 e. The molecule has 9 nitrogen and oxygen atoms in total. The third-order valence-corrected chi connectivity index (χ3v) is 7.07. The summed E-state index contributed by atoms with van der Waals surface area (Å²) < 4.78 is 17.8. The van der Waals surface area contributed by atoms with Crippen LogP contribution < -0.4 is 24.4 Å². The van der Waals surface area contributed by atoms with Gasteiger partial charge in [0.15, 0.2) is 22.9 Å². The molecule has 4 rings (SSSR count). The van der Waals surface area contributed by atoms with Gasteiger partial charge in [0.05, 0.1) is 29.5 Å². The molecule has 0 fully saturated rings. The lowest BCUT2D eigenvalue weighted by molar-refractivity contribution is -0.140. The number of methoxy groups -OCH3 is 1. The van der Waals surface area contributed by atoms with Crippen LogP contribution in [0.4, 0.5) is 0 Å². The summed E-state index contributed by atoms with van der Waals surface area (Å²) in [5.41, 5.74) is 1.22. The third-order valence-electron chi connectivity index (χ3n) is 5.17. The van der Waals surface area contributed by atoms with Gasteiger partial charge in [-0.15, -0.1) is 11.3 Å². The molecule has 11 heteroatoms.